The van der Waals surface area contributed by atoms with Crippen LogP contribution in [0.3, 0.4) is 0 Å². The summed E-state index contributed by atoms with van der Waals surface area (Å²) in [5.74, 6) is -2.68. The van der Waals surface area contributed by atoms with Gasteiger partial charge in [-0.3, -0.25) is 4.79 Å². The zero-order valence-corrected chi connectivity index (χ0v) is 17.5. The molecule has 1 fully saturated rings. The Kier molecular flexibility index (Phi) is 5.36. The summed E-state index contributed by atoms with van der Waals surface area (Å²) in [5, 5.41) is 22.0. The Morgan fingerprint density at radius 2 is 2.06 bits per heavy atom. The maximum absolute atomic E-state index is 13.9. The summed E-state index contributed by atoms with van der Waals surface area (Å²) in [4.78, 5) is 19.6. The molecule has 4 rings (SSSR count). The van der Waals surface area contributed by atoms with Gasteiger partial charge in [0.15, 0.2) is 28.2 Å². The van der Waals surface area contributed by atoms with Gasteiger partial charge in [0.05, 0.1) is 23.4 Å². The number of rotatable bonds is 2. The van der Waals surface area contributed by atoms with Crippen molar-refractivity contribution in [1.82, 2.24) is 9.97 Å². The van der Waals surface area contributed by atoms with Crippen LogP contribution < -0.4 is 10.2 Å². The zero-order chi connectivity index (χ0) is 24.1. The highest BCUT2D eigenvalue weighted by atomic mass is 19.4. The Hall–Kier alpha value is -3.52. The second-order valence-electron chi connectivity index (χ2n) is 8.23. The molecule has 0 aliphatic carbocycles. The van der Waals surface area contributed by atoms with Gasteiger partial charge >= 0.3 is 6.18 Å². The number of ether oxygens (including phenoxy) is 1. The van der Waals surface area contributed by atoms with Crippen LogP contribution in [0.5, 0.6) is 0 Å². The average Bonchev–Trinajstić information content (AvgIpc) is 2.76. The molecule has 4 heterocycles. The maximum atomic E-state index is 13.9. The first-order valence-corrected chi connectivity index (χ1v) is 9.98. The van der Waals surface area contributed by atoms with Gasteiger partial charge in [-0.15, -0.1) is 0 Å². The van der Waals surface area contributed by atoms with E-state index in [1.54, 1.807) is 0 Å². The van der Waals surface area contributed by atoms with E-state index in [2.05, 4.69) is 9.97 Å². The fourth-order valence-corrected chi connectivity index (χ4v) is 4.24. The van der Waals surface area contributed by atoms with Crippen LogP contribution in [0.2, 0.25) is 0 Å². The molecule has 1 aliphatic rings. The Morgan fingerprint density at radius 3 is 2.73 bits per heavy atom. The molecule has 1 saturated heterocycles. The standard InChI is InChI=1S/C22H18F4N4O3/c1-11-14(23)3-4-18(30(11)32)12-8-21(2,22(24,25)26)33-10-13(12)16-7-19(31)20-15(29-16)5-6-28-17(20)9-27/h3-7,12-13H,8,10H2,1-2H3,(H,29,31)/t12-,13-,21-/m1/s1. The molecule has 7 nitrogen and oxygen atoms in total. The lowest BCUT2D eigenvalue weighted by atomic mass is 9.76. The summed E-state index contributed by atoms with van der Waals surface area (Å²) in [7, 11) is 0. The molecule has 0 amide bonds. The predicted molar refractivity (Wildman–Crippen MR) is 108 cm³/mol. The number of nitrogens with zero attached hydrogens (tertiary/aromatic N) is 3. The largest absolute Gasteiger partial charge is 0.618 e. The van der Waals surface area contributed by atoms with E-state index in [1.165, 1.54) is 25.3 Å². The Labute approximate surface area is 184 Å². The molecule has 1 aliphatic heterocycles. The highest BCUT2D eigenvalue weighted by molar-refractivity contribution is 5.82. The molecule has 0 spiro atoms. The molecule has 1 N–H and O–H groups in total. The summed E-state index contributed by atoms with van der Waals surface area (Å²) in [6.07, 6.45) is -4.01. The number of halogens is 4. The topological polar surface area (TPSA) is 106 Å². The van der Waals surface area contributed by atoms with Gasteiger partial charge in [0.2, 0.25) is 5.69 Å². The van der Waals surface area contributed by atoms with Crippen molar-refractivity contribution in [1.29, 1.82) is 5.26 Å². The summed E-state index contributed by atoms with van der Waals surface area (Å²) >= 11 is 0. The van der Waals surface area contributed by atoms with Crippen molar-refractivity contribution in [2.24, 2.45) is 0 Å². The van der Waals surface area contributed by atoms with Crippen LogP contribution in [0.1, 0.15) is 48.0 Å². The van der Waals surface area contributed by atoms with Gasteiger partial charge in [0, 0.05) is 36.9 Å². The maximum Gasteiger partial charge on any atom is 0.417 e. The Bertz CT molecular complexity index is 1350. The van der Waals surface area contributed by atoms with Crippen LogP contribution in [-0.4, -0.2) is 28.4 Å². The van der Waals surface area contributed by atoms with Gasteiger partial charge in [0.25, 0.3) is 0 Å². The number of aromatic amines is 1. The number of nitriles is 1. The highest BCUT2D eigenvalue weighted by Crippen LogP contribution is 2.49. The van der Waals surface area contributed by atoms with E-state index in [9.17, 15) is 32.8 Å². The molecule has 3 aromatic rings. The third-order valence-electron chi connectivity index (χ3n) is 6.21. The number of hydrogen-bond acceptors (Lipinski definition) is 5. The highest BCUT2D eigenvalue weighted by Gasteiger charge is 2.58. The molecule has 33 heavy (non-hydrogen) atoms. The third-order valence-corrected chi connectivity index (χ3v) is 6.21. The second kappa shape index (κ2) is 7.81. The number of fused-ring (bicyclic) bond motifs is 1. The van der Waals surface area contributed by atoms with Crippen molar-refractivity contribution in [3.05, 3.63) is 74.5 Å². The average molecular weight is 462 g/mol. The van der Waals surface area contributed by atoms with E-state index in [-0.39, 0.29) is 38.4 Å². The van der Waals surface area contributed by atoms with Crippen LogP contribution in [0.4, 0.5) is 17.6 Å². The molecular formula is C22H18F4N4O3. The Balaban J connectivity index is 1.89. The monoisotopic (exact) mass is 462 g/mol. The normalized spacial score (nSPS) is 23.4. The van der Waals surface area contributed by atoms with Gasteiger partial charge in [-0.2, -0.15) is 23.2 Å². The number of nitrogens with one attached hydrogen (secondary N) is 1. The lowest BCUT2D eigenvalue weighted by molar-refractivity contribution is -0.625. The molecule has 0 aromatic carbocycles. The minimum absolute atomic E-state index is 0.0497. The summed E-state index contributed by atoms with van der Waals surface area (Å²) < 4.78 is 60.7. The van der Waals surface area contributed by atoms with Gasteiger partial charge in [-0.1, -0.05) is 0 Å². The number of alkyl halides is 3. The molecule has 11 heteroatoms. The van der Waals surface area contributed by atoms with Crippen LogP contribution in [0.25, 0.3) is 10.9 Å². The molecule has 0 bridgehead atoms. The zero-order valence-electron chi connectivity index (χ0n) is 17.5. The van der Waals surface area contributed by atoms with Crippen LogP contribution in [0.15, 0.2) is 35.3 Å². The van der Waals surface area contributed by atoms with Crippen molar-refractivity contribution >= 4 is 10.9 Å². The van der Waals surface area contributed by atoms with E-state index in [0.717, 1.165) is 19.1 Å². The smallest absolute Gasteiger partial charge is 0.417 e. The first-order valence-electron chi connectivity index (χ1n) is 9.98. The van der Waals surface area contributed by atoms with Gasteiger partial charge < -0.3 is 14.9 Å². The van der Waals surface area contributed by atoms with Crippen LogP contribution >= 0.6 is 0 Å². The van der Waals surface area contributed by atoms with Crippen molar-refractivity contribution in [2.45, 2.75) is 43.9 Å². The van der Waals surface area contributed by atoms with Crippen LogP contribution in [-0.2, 0) is 4.74 Å². The van der Waals surface area contributed by atoms with Crippen molar-refractivity contribution in [3.8, 4) is 6.07 Å². The minimum atomic E-state index is -4.72. The lowest BCUT2D eigenvalue weighted by Gasteiger charge is -2.42. The molecule has 0 saturated carbocycles. The van der Waals surface area contributed by atoms with Crippen LogP contribution in [0, 0.1) is 29.3 Å². The van der Waals surface area contributed by atoms with Gasteiger partial charge in [0.1, 0.15) is 6.07 Å². The van der Waals surface area contributed by atoms with Crippen molar-refractivity contribution in [2.75, 3.05) is 6.61 Å². The summed E-state index contributed by atoms with van der Waals surface area (Å²) in [5.41, 5.74) is -3.01. The summed E-state index contributed by atoms with van der Waals surface area (Å²) in [6, 6.07) is 6.66. The fourth-order valence-electron chi connectivity index (χ4n) is 4.24. The minimum Gasteiger partial charge on any atom is -0.618 e. The molecule has 0 unspecified atom stereocenters. The van der Waals surface area contributed by atoms with E-state index in [0.29, 0.717) is 0 Å². The van der Waals surface area contributed by atoms with E-state index in [4.69, 9.17) is 4.74 Å². The molecule has 0 radical (unpaired) electrons. The van der Waals surface area contributed by atoms with E-state index < -0.39 is 47.9 Å². The predicted octanol–water partition coefficient (Wildman–Crippen LogP) is 3.48. The fraction of sp³-hybridized carbons (Fsp3) is 0.364. The Morgan fingerprint density at radius 1 is 1.33 bits per heavy atom. The molecule has 172 valence electrons. The van der Waals surface area contributed by atoms with Crippen molar-refractivity contribution < 1.29 is 27.0 Å². The van der Waals surface area contributed by atoms with E-state index in [1.807, 2.05) is 6.07 Å². The first kappa shape index (κ1) is 22.7. The number of hydrogen-bond donors (Lipinski definition) is 1. The SMILES string of the molecule is Cc1c(F)ccc([C@@H]2C[C@](C)(C(F)(F)F)OC[C@H]2c2cc(=O)c3c(C#N)nccc3[nH]2)[n+]1[O-]. The molecule has 3 atom stereocenters. The third kappa shape index (κ3) is 3.70. The molecular weight excluding hydrogens is 444 g/mol. The number of pyridine rings is 3. The van der Waals surface area contributed by atoms with Gasteiger partial charge in [-0.05, 0) is 25.5 Å². The second-order valence-corrected chi connectivity index (χ2v) is 8.23. The molecule has 3 aromatic heterocycles. The van der Waals surface area contributed by atoms with Crippen molar-refractivity contribution in [3.63, 3.8) is 0 Å². The quantitative estimate of drug-likeness (QED) is 0.357. The first-order chi connectivity index (χ1) is 15.5. The van der Waals surface area contributed by atoms with Gasteiger partial charge in [-0.25, -0.2) is 9.37 Å². The number of H-pyrrole nitrogens is 1. The number of aromatic nitrogens is 3. The summed E-state index contributed by atoms with van der Waals surface area (Å²) in [6.45, 7) is 1.68. The lowest BCUT2D eigenvalue weighted by Crippen LogP contribution is -2.52. The van der Waals surface area contributed by atoms with E-state index >= 15 is 0 Å².